The fourth-order valence-corrected chi connectivity index (χ4v) is 3.66. The third-order valence-corrected chi connectivity index (χ3v) is 4.79. The van der Waals surface area contributed by atoms with Crippen molar-refractivity contribution in [1.82, 2.24) is 9.97 Å². The van der Waals surface area contributed by atoms with E-state index in [1.165, 1.54) is 17.5 Å². The molecule has 2 heterocycles. The molecule has 0 spiro atoms. The van der Waals surface area contributed by atoms with E-state index in [1.807, 2.05) is 12.1 Å². The minimum absolute atomic E-state index is 0.223. The summed E-state index contributed by atoms with van der Waals surface area (Å²) in [5.74, 6) is -0.669. The maximum absolute atomic E-state index is 12.5. The van der Waals surface area contributed by atoms with E-state index < -0.39 is 5.92 Å². The number of Topliss-reactive ketones (excluding diaryl/α,β-unsaturated/α-hetero) is 2. The molecule has 1 aliphatic rings. The van der Waals surface area contributed by atoms with E-state index in [0.717, 1.165) is 10.2 Å². The van der Waals surface area contributed by atoms with Crippen LogP contribution < -0.4 is 4.74 Å². The molecule has 108 valence electrons. The molecule has 2 aromatic heterocycles. The summed E-state index contributed by atoms with van der Waals surface area (Å²) in [5, 5.41) is 0.510. The van der Waals surface area contributed by atoms with Crippen LogP contribution in [0.4, 0.5) is 0 Å². The number of rotatable bonds is 2. The van der Waals surface area contributed by atoms with E-state index >= 15 is 0 Å². The monoisotopic (exact) mass is 310 g/mol. The summed E-state index contributed by atoms with van der Waals surface area (Å²) < 4.78 is 6.09. The Morgan fingerprint density at radius 3 is 2.82 bits per heavy atom. The van der Waals surface area contributed by atoms with E-state index in [1.54, 1.807) is 25.3 Å². The molecule has 5 nitrogen and oxygen atoms in total. The van der Waals surface area contributed by atoms with Gasteiger partial charge in [-0.15, -0.1) is 11.3 Å². The van der Waals surface area contributed by atoms with Gasteiger partial charge in [0.25, 0.3) is 0 Å². The molecule has 0 saturated carbocycles. The first kappa shape index (κ1) is 13.1. The van der Waals surface area contributed by atoms with Crippen molar-refractivity contribution in [2.75, 3.05) is 7.11 Å². The summed E-state index contributed by atoms with van der Waals surface area (Å²) >= 11 is 1.36. The second-order valence-corrected chi connectivity index (χ2v) is 6.01. The van der Waals surface area contributed by atoms with Crippen LogP contribution in [0.25, 0.3) is 10.2 Å². The van der Waals surface area contributed by atoms with Crippen molar-refractivity contribution in [3.63, 3.8) is 0 Å². The number of benzene rings is 1. The Balaban J connectivity index is 1.83. The topological polar surface area (TPSA) is 69.2 Å². The summed E-state index contributed by atoms with van der Waals surface area (Å²) in [4.78, 5) is 33.4. The van der Waals surface area contributed by atoms with E-state index in [0.29, 0.717) is 16.3 Å². The molecule has 0 fully saturated rings. The Morgan fingerprint density at radius 2 is 2.05 bits per heavy atom. The molecule has 1 aliphatic carbocycles. The average molecular weight is 310 g/mol. The highest BCUT2D eigenvalue weighted by Crippen LogP contribution is 2.37. The molecular weight excluding hydrogens is 300 g/mol. The summed E-state index contributed by atoms with van der Waals surface area (Å²) in [6, 6.07) is 8.81. The number of ketones is 2. The Kier molecular flexibility index (Phi) is 2.80. The second-order valence-electron chi connectivity index (χ2n) is 4.95. The van der Waals surface area contributed by atoms with E-state index in [4.69, 9.17) is 4.74 Å². The second kappa shape index (κ2) is 4.71. The van der Waals surface area contributed by atoms with Crippen LogP contribution in [-0.2, 0) is 0 Å². The van der Waals surface area contributed by atoms with Crippen LogP contribution in [0.1, 0.15) is 31.8 Å². The molecule has 0 bridgehead atoms. The molecule has 6 heteroatoms. The maximum Gasteiger partial charge on any atom is 0.199 e. The summed E-state index contributed by atoms with van der Waals surface area (Å²) in [7, 11) is 1.58. The van der Waals surface area contributed by atoms with Crippen molar-refractivity contribution in [2.45, 2.75) is 5.92 Å². The number of carbonyl (C=O) groups excluding carboxylic acids is 2. The maximum atomic E-state index is 12.5. The predicted octanol–water partition coefficient (Wildman–Crippen LogP) is 2.86. The molecule has 0 amide bonds. The molecular formula is C16H10N2O3S. The SMILES string of the molecule is COc1ccc2sc(C3C(=O)c4cccnc4C3=O)nc2c1. The predicted molar refractivity (Wildman–Crippen MR) is 81.8 cm³/mol. The highest BCUT2D eigenvalue weighted by Gasteiger charge is 2.42. The van der Waals surface area contributed by atoms with Crippen molar-refractivity contribution in [3.8, 4) is 5.75 Å². The van der Waals surface area contributed by atoms with Gasteiger partial charge in [-0.3, -0.25) is 14.6 Å². The zero-order chi connectivity index (χ0) is 15.3. The van der Waals surface area contributed by atoms with Gasteiger partial charge >= 0.3 is 0 Å². The number of hydrogen-bond donors (Lipinski definition) is 0. The smallest absolute Gasteiger partial charge is 0.199 e. The number of hydrogen-bond acceptors (Lipinski definition) is 6. The largest absolute Gasteiger partial charge is 0.497 e. The van der Waals surface area contributed by atoms with Crippen molar-refractivity contribution in [2.24, 2.45) is 0 Å². The quantitative estimate of drug-likeness (QED) is 0.681. The molecule has 3 aromatic rings. The number of pyridine rings is 1. The fourth-order valence-electron chi connectivity index (χ4n) is 2.61. The van der Waals surface area contributed by atoms with Gasteiger partial charge < -0.3 is 4.74 Å². The van der Waals surface area contributed by atoms with Crippen LogP contribution in [0.15, 0.2) is 36.5 Å². The third kappa shape index (κ3) is 1.77. The molecule has 1 atom stereocenters. The van der Waals surface area contributed by atoms with Crippen molar-refractivity contribution in [3.05, 3.63) is 52.8 Å². The lowest BCUT2D eigenvalue weighted by molar-refractivity contribution is 0.0888. The van der Waals surface area contributed by atoms with Gasteiger partial charge in [0.1, 0.15) is 22.4 Å². The van der Waals surface area contributed by atoms with Crippen molar-refractivity contribution < 1.29 is 14.3 Å². The molecule has 22 heavy (non-hydrogen) atoms. The van der Waals surface area contributed by atoms with Gasteiger partial charge in [-0.25, -0.2) is 4.98 Å². The average Bonchev–Trinajstić information content (AvgIpc) is 3.06. The normalized spacial score (nSPS) is 17.0. The zero-order valence-corrected chi connectivity index (χ0v) is 12.4. The number of carbonyl (C=O) groups is 2. The van der Waals surface area contributed by atoms with Gasteiger partial charge in [0, 0.05) is 17.8 Å². The standard InChI is InChI=1S/C16H10N2O3S/c1-21-8-4-5-11-10(7-8)18-16(22-11)12-14(19)9-3-2-6-17-13(9)15(12)20/h2-7,12H,1H3. The summed E-state index contributed by atoms with van der Waals surface area (Å²) in [6.07, 6.45) is 1.52. The molecule has 1 aromatic carbocycles. The lowest BCUT2D eigenvalue weighted by atomic mass is 10.1. The number of methoxy groups -OCH3 is 1. The van der Waals surface area contributed by atoms with Crippen LogP contribution in [0.3, 0.4) is 0 Å². The Morgan fingerprint density at radius 1 is 1.18 bits per heavy atom. The first-order chi connectivity index (χ1) is 10.7. The lowest BCUT2D eigenvalue weighted by Crippen LogP contribution is -2.12. The first-order valence-corrected chi connectivity index (χ1v) is 7.48. The molecule has 0 N–H and O–H groups in total. The number of ether oxygens (including phenoxy) is 1. The van der Waals surface area contributed by atoms with Crippen LogP contribution in [0.2, 0.25) is 0 Å². The lowest BCUT2D eigenvalue weighted by Gasteiger charge is -2.00. The molecule has 0 aliphatic heterocycles. The van der Waals surface area contributed by atoms with Gasteiger partial charge in [0.2, 0.25) is 0 Å². The van der Waals surface area contributed by atoms with Crippen LogP contribution in [0.5, 0.6) is 5.75 Å². The van der Waals surface area contributed by atoms with Gasteiger partial charge in [-0.1, -0.05) is 0 Å². The van der Waals surface area contributed by atoms with E-state index in [-0.39, 0.29) is 17.3 Å². The highest BCUT2D eigenvalue weighted by molar-refractivity contribution is 7.18. The Bertz CT molecular complexity index is 897. The third-order valence-electron chi connectivity index (χ3n) is 3.69. The van der Waals surface area contributed by atoms with E-state index in [9.17, 15) is 9.59 Å². The molecule has 4 rings (SSSR count). The van der Waals surface area contributed by atoms with Gasteiger partial charge in [-0.2, -0.15) is 0 Å². The summed E-state index contributed by atoms with van der Waals surface area (Å²) in [5.41, 5.74) is 1.35. The number of fused-ring (bicyclic) bond motifs is 2. The highest BCUT2D eigenvalue weighted by atomic mass is 32.1. The van der Waals surface area contributed by atoms with Gasteiger partial charge in [0.15, 0.2) is 11.6 Å². The fraction of sp³-hybridized carbons (Fsp3) is 0.125. The molecule has 0 radical (unpaired) electrons. The molecule has 1 unspecified atom stereocenters. The minimum atomic E-state index is -0.867. The van der Waals surface area contributed by atoms with Crippen molar-refractivity contribution in [1.29, 1.82) is 0 Å². The number of thiazole rings is 1. The molecule has 0 saturated heterocycles. The van der Waals surface area contributed by atoms with Gasteiger partial charge in [0.05, 0.1) is 17.3 Å². The first-order valence-electron chi connectivity index (χ1n) is 6.67. The Labute approximate surface area is 129 Å². The van der Waals surface area contributed by atoms with Gasteiger partial charge in [-0.05, 0) is 24.3 Å². The van der Waals surface area contributed by atoms with E-state index in [2.05, 4.69) is 9.97 Å². The zero-order valence-electron chi connectivity index (χ0n) is 11.6. The minimum Gasteiger partial charge on any atom is -0.497 e. The number of nitrogens with zero attached hydrogens (tertiary/aromatic N) is 2. The van der Waals surface area contributed by atoms with Crippen LogP contribution in [-0.4, -0.2) is 28.6 Å². The summed E-state index contributed by atoms with van der Waals surface area (Å²) in [6.45, 7) is 0. The number of aromatic nitrogens is 2. The Hall–Kier alpha value is -2.60. The van der Waals surface area contributed by atoms with Crippen LogP contribution >= 0.6 is 11.3 Å². The van der Waals surface area contributed by atoms with Crippen LogP contribution in [0, 0.1) is 0 Å². The van der Waals surface area contributed by atoms with Crippen molar-refractivity contribution >= 4 is 33.1 Å².